The molecule has 0 bridgehead atoms. The van der Waals surface area contributed by atoms with Crippen molar-refractivity contribution < 1.29 is 26.3 Å². The molecule has 2 saturated heterocycles. The van der Waals surface area contributed by atoms with Crippen LogP contribution in [0.15, 0.2) is 29.2 Å². The molecule has 1 N–H and O–H groups in total. The summed E-state index contributed by atoms with van der Waals surface area (Å²) in [5.41, 5.74) is -0.859. The van der Waals surface area contributed by atoms with E-state index >= 15 is 0 Å². The number of piperidine rings is 1. The van der Waals surface area contributed by atoms with Crippen LogP contribution in [0.5, 0.6) is 0 Å². The largest absolute Gasteiger partial charge is 0.416 e. The number of nitrogens with one attached hydrogen (secondary N) is 1. The maximum absolute atomic E-state index is 12.6. The molecular formula is C18H25F3N2O3S. The molecule has 2 fully saturated rings. The predicted molar refractivity (Wildman–Crippen MR) is 94.8 cm³/mol. The number of alkyl halides is 3. The highest BCUT2D eigenvalue weighted by atomic mass is 32.2. The highest BCUT2D eigenvalue weighted by Gasteiger charge is 2.31. The summed E-state index contributed by atoms with van der Waals surface area (Å²) in [5.74, 6) is 0.241. The lowest BCUT2D eigenvalue weighted by Gasteiger charge is -2.39. The molecule has 1 aromatic carbocycles. The van der Waals surface area contributed by atoms with Crippen molar-refractivity contribution in [1.82, 2.24) is 9.62 Å². The number of sulfonamides is 1. The van der Waals surface area contributed by atoms with Gasteiger partial charge in [-0.3, -0.25) is 0 Å². The molecular weight excluding hydrogens is 381 g/mol. The second-order valence-electron chi connectivity index (χ2n) is 7.20. The van der Waals surface area contributed by atoms with Crippen molar-refractivity contribution in [2.45, 2.75) is 42.8 Å². The first-order valence-corrected chi connectivity index (χ1v) is 10.7. The summed E-state index contributed by atoms with van der Waals surface area (Å²) in [5, 5.41) is 0. The average Bonchev–Trinajstić information content (AvgIpc) is 2.67. The lowest BCUT2D eigenvalue weighted by molar-refractivity contribution is -0.137. The van der Waals surface area contributed by atoms with Gasteiger partial charge in [-0.15, -0.1) is 0 Å². The third-order valence-corrected chi connectivity index (χ3v) is 6.85. The van der Waals surface area contributed by atoms with Crippen LogP contribution in [0.3, 0.4) is 0 Å². The standard InChI is InChI=1S/C18H25F3N2O3S/c19-18(20,21)15-1-3-17(4-2-15)27(24,25)22-13-14-5-9-23(10-6-14)16-7-11-26-12-8-16/h1-4,14,16,22H,5-13H2. The number of benzene rings is 1. The first kappa shape index (κ1) is 20.6. The van der Waals surface area contributed by atoms with E-state index in [9.17, 15) is 21.6 Å². The minimum absolute atomic E-state index is 0.143. The Kier molecular flexibility index (Phi) is 6.45. The van der Waals surface area contributed by atoms with Crippen molar-refractivity contribution >= 4 is 10.0 Å². The van der Waals surface area contributed by atoms with Gasteiger partial charge in [-0.05, 0) is 69.0 Å². The fourth-order valence-corrected chi connectivity index (χ4v) is 4.82. The number of ether oxygens (including phenoxy) is 1. The van der Waals surface area contributed by atoms with Gasteiger partial charge in [0.1, 0.15) is 0 Å². The van der Waals surface area contributed by atoms with Crippen molar-refractivity contribution in [2.24, 2.45) is 5.92 Å². The van der Waals surface area contributed by atoms with E-state index in [0.29, 0.717) is 12.6 Å². The van der Waals surface area contributed by atoms with E-state index in [2.05, 4.69) is 9.62 Å². The van der Waals surface area contributed by atoms with Gasteiger partial charge in [-0.2, -0.15) is 13.2 Å². The molecule has 2 aliphatic rings. The average molecular weight is 406 g/mol. The Morgan fingerprint density at radius 1 is 1.04 bits per heavy atom. The van der Waals surface area contributed by atoms with Gasteiger partial charge in [-0.25, -0.2) is 13.1 Å². The molecule has 9 heteroatoms. The Labute approximate surface area is 157 Å². The summed E-state index contributed by atoms with van der Waals surface area (Å²) in [6.45, 7) is 3.80. The molecule has 0 aliphatic carbocycles. The van der Waals surface area contributed by atoms with Crippen LogP contribution in [-0.4, -0.2) is 52.2 Å². The fraction of sp³-hybridized carbons (Fsp3) is 0.667. The molecule has 2 aliphatic heterocycles. The van der Waals surface area contributed by atoms with Crippen molar-refractivity contribution in [3.05, 3.63) is 29.8 Å². The number of halogens is 3. The molecule has 27 heavy (non-hydrogen) atoms. The van der Waals surface area contributed by atoms with E-state index in [0.717, 1.165) is 76.3 Å². The van der Waals surface area contributed by atoms with Crippen LogP contribution in [0, 0.1) is 5.92 Å². The summed E-state index contributed by atoms with van der Waals surface area (Å²) in [7, 11) is -3.80. The van der Waals surface area contributed by atoms with Gasteiger partial charge < -0.3 is 9.64 Å². The third-order valence-electron chi connectivity index (χ3n) is 5.41. The van der Waals surface area contributed by atoms with Crippen molar-refractivity contribution in [3.8, 4) is 0 Å². The molecule has 0 amide bonds. The minimum Gasteiger partial charge on any atom is -0.381 e. The van der Waals surface area contributed by atoms with Gasteiger partial charge in [0.05, 0.1) is 10.5 Å². The summed E-state index contributed by atoms with van der Waals surface area (Å²) < 4.78 is 70.4. The van der Waals surface area contributed by atoms with Crippen LogP contribution in [0.4, 0.5) is 13.2 Å². The molecule has 0 saturated carbocycles. The third kappa shape index (κ3) is 5.43. The highest BCUT2D eigenvalue weighted by Crippen LogP contribution is 2.30. The van der Waals surface area contributed by atoms with E-state index in [1.807, 2.05) is 0 Å². The van der Waals surface area contributed by atoms with Crippen molar-refractivity contribution in [1.29, 1.82) is 0 Å². The Balaban J connectivity index is 1.49. The second-order valence-corrected chi connectivity index (χ2v) is 8.96. The summed E-state index contributed by atoms with van der Waals surface area (Å²) >= 11 is 0. The smallest absolute Gasteiger partial charge is 0.381 e. The van der Waals surface area contributed by atoms with Gasteiger partial charge in [0.2, 0.25) is 10.0 Å². The molecule has 2 heterocycles. The maximum Gasteiger partial charge on any atom is 0.416 e. The number of nitrogens with zero attached hydrogens (tertiary/aromatic N) is 1. The van der Waals surface area contributed by atoms with E-state index in [1.165, 1.54) is 0 Å². The molecule has 3 rings (SSSR count). The Hall–Kier alpha value is -1.16. The van der Waals surface area contributed by atoms with Crippen LogP contribution in [-0.2, 0) is 20.9 Å². The molecule has 0 radical (unpaired) electrons. The summed E-state index contributed by atoms with van der Waals surface area (Å²) in [6, 6.07) is 4.14. The zero-order chi connectivity index (χ0) is 19.5. The Morgan fingerprint density at radius 3 is 2.19 bits per heavy atom. The zero-order valence-corrected chi connectivity index (χ0v) is 15.9. The number of hydrogen-bond acceptors (Lipinski definition) is 4. The Morgan fingerprint density at radius 2 is 1.63 bits per heavy atom. The Bertz CT molecular complexity index is 708. The minimum atomic E-state index is -4.48. The van der Waals surface area contributed by atoms with E-state index in [-0.39, 0.29) is 10.8 Å². The molecule has 5 nitrogen and oxygen atoms in total. The summed E-state index contributed by atoms with van der Waals surface area (Å²) in [4.78, 5) is 2.32. The summed E-state index contributed by atoms with van der Waals surface area (Å²) in [6.07, 6.45) is -0.565. The first-order chi connectivity index (χ1) is 12.8. The van der Waals surface area contributed by atoms with Crippen LogP contribution in [0.1, 0.15) is 31.2 Å². The lowest BCUT2D eigenvalue weighted by atomic mass is 9.94. The normalized spacial score (nSPS) is 21.4. The van der Waals surface area contributed by atoms with Gasteiger partial charge >= 0.3 is 6.18 Å². The van der Waals surface area contributed by atoms with Crippen LogP contribution in [0.25, 0.3) is 0 Å². The quantitative estimate of drug-likeness (QED) is 0.817. The van der Waals surface area contributed by atoms with E-state index in [4.69, 9.17) is 4.74 Å². The van der Waals surface area contributed by atoms with E-state index < -0.39 is 21.8 Å². The van der Waals surface area contributed by atoms with Crippen LogP contribution < -0.4 is 4.72 Å². The van der Waals surface area contributed by atoms with Gasteiger partial charge in [0.15, 0.2) is 0 Å². The lowest BCUT2D eigenvalue weighted by Crippen LogP contribution is -2.45. The van der Waals surface area contributed by atoms with Crippen molar-refractivity contribution in [2.75, 3.05) is 32.8 Å². The first-order valence-electron chi connectivity index (χ1n) is 9.24. The number of rotatable bonds is 5. The number of hydrogen-bond donors (Lipinski definition) is 1. The van der Waals surface area contributed by atoms with Gasteiger partial charge in [0.25, 0.3) is 0 Å². The molecule has 0 aromatic heterocycles. The molecule has 0 unspecified atom stereocenters. The van der Waals surface area contributed by atoms with E-state index in [1.54, 1.807) is 0 Å². The highest BCUT2D eigenvalue weighted by molar-refractivity contribution is 7.89. The molecule has 0 spiro atoms. The van der Waals surface area contributed by atoms with Gasteiger partial charge in [0, 0.05) is 25.8 Å². The van der Waals surface area contributed by atoms with Gasteiger partial charge in [-0.1, -0.05) is 0 Å². The van der Waals surface area contributed by atoms with Crippen LogP contribution >= 0.6 is 0 Å². The molecule has 1 aromatic rings. The monoisotopic (exact) mass is 406 g/mol. The maximum atomic E-state index is 12.6. The fourth-order valence-electron chi connectivity index (χ4n) is 3.71. The SMILES string of the molecule is O=S(=O)(NCC1CCN(C2CCOCC2)CC1)c1ccc(C(F)(F)F)cc1. The topological polar surface area (TPSA) is 58.6 Å². The number of likely N-dealkylation sites (tertiary alicyclic amines) is 1. The molecule has 152 valence electrons. The predicted octanol–water partition coefficient (Wildman–Crippen LogP) is 2.87. The van der Waals surface area contributed by atoms with Crippen LogP contribution in [0.2, 0.25) is 0 Å². The molecule has 0 atom stereocenters. The zero-order valence-electron chi connectivity index (χ0n) is 15.0. The second kappa shape index (κ2) is 8.46. The van der Waals surface area contributed by atoms with Crippen molar-refractivity contribution in [3.63, 3.8) is 0 Å².